The van der Waals surface area contributed by atoms with Crippen molar-refractivity contribution in [3.05, 3.63) is 33.0 Å². The first kappa shape index (κ1) is 18.4. The van der Waals surface area contributed by atoms with Gasteiger partial charge in [-0.15, -0.1) is 22.7 Å². The minimum absolute atomic E-state index is 0.120. The minimum atomic E-state index is -0.637. The molecule has 24 heavy (non-hydrogen) atoms. The Hall–Kier alpha value is -1.97. The third-order valence-electron chi connectivity index (χ3n) is 3.25. The predicted octanol–water partition coefficient (Wildman–Crippen LogP) is 3.00. The standard InChI is InChI=1S/C15H20N4O3S2/c1-3-13(22-15(21)19-16)10-6-12(23-7-10)5-4-11-8-24-14(18-11)17-9(2)20/h6-8,13H,3-5,16H2,1-2H3,(H,19,21)(H,17,18,20). The summed E-state index contributed by atoms with van der Waals surface area (Å²) in [6, 6.07) is 2.05. The van der Waals surface area contributed by atoms with E-state index < -0.39 is 6.09 Å². The first-order valence-electron chi connectivity index (χ1n) is 7.48. The number of carbonyl (C=O) groups is 2. The maximum absolute atomic E-state index is 11.3. The summed E-state index contributed by atoms with van der Waals surface area (Å²) in [7, 11) is 0. The molecule has 0 aromatic carbocycles. The number of thiazole rings is 1. The summed E-state index contributed by atoms with van der Waals surface area (Å²) < 4.78 is 5.23. The fourth-order valence-electron chi connectivity index (χ4n) is 2.13. The molecule has 2 heterocycles. The van der Waals surface area contributed by atoms with Gasteiger partial charge in [-0.3, -0.25) is 10.2 Å². The highest BCUT2D eigenvalue weighted by atomic mass is 32.1. The summed E-state index contributed by atoms with van der Waals surface area (Å²) in [5.41, 5.74) is 3.89. The van der Waals surface area contributed by atoms with Crippen LogP contribution in [-0.4, -0.2) is 17.0 Å². The van der Waals surface area contributed by atoms with Gasteiger partial charge in [-0.25, -0.2) is 15.6 Å². The Morgan fingerprint density at radius 1 is 1.33 bits per heavy atom. The largest absolute Gasteiger partial charge is 0.440 e. The summed E-state index contributed by atoms with van der Waals surface area (Å²) in [6.07, 6.45) is 1.37. The first-order valence-corrected chi connectivity index (χ1v) is 9.24. The summed E-state index contributed by atoms with van der Waals surface area (Å²) in [5.74, 6) is 4.93. The Labute approximate surface area is 148 Å². The zero-order valence-electron chi connectivity index (χ0n) is 13.5. The Kier molecular flexibility index (Phi) is 6.71. The molecule has 0 aliphatic rings. The lowest BCUT2D eigenvalue weighted by Gasteiger charge is -2.14. The van der Waals surface area contributed by atoms with Gasteiger partial charge < -0.3 is 10.1 Å². The number of hydrogen-bond acceptors (Lipinski definition) is 7. The summed E-state index contributed by atoms with van der Waals surface area (Å²) in [6.45, 7) is 3.41. The third-order valence-corrected chi connectivity index (χ3v) is 5.07. The number of carbonyl (C=O) groups excluding carboxylic acids is 2. The molecule has 0 aliphatic heterocycles. The van der Waals surface area contributed by atoms with Crippen molar-refractivity contribution in [1.82, 2.24) is 10.4 Å². The van der Waals surface area contributed by atoms with Crippen LogP contribution in [0.15, 0.2) is 16.8 Å². The molecular weight excluding hydrogens is 348 g/mol. The molecule has 7 nitrogen and oxygen atoms in total. The number of hydrogen-bond donors (Lipinski definition) is 3. The highest BCUT2D eigenvalue weighted by molar-refractivity contribution is 7.14. The van der Waals surface area contributed by atoms with E-state index in [-0.39, 0.29) is 12.0 Å². The van der Waals surface area contributed by atoms with Crippen LogP contribution in [0.25, 0.3) is 0 Å². The van der Waals surface area contributed by atoms with Crippen molar-refractivity contribution in [2.45, 2.75) is 39.2 Å². The maximum atomic E-state index is 11.3. The van der Waals surface area contributed by atoms with Gasteiger partial charge in [0, 0.05) is 22.7 Å². The third kappa shape index (κ3) is 5.29. The second kappa shape index (κ2) is 8.76. The molecule has 2 amide bonds. The van der Waals surface area contributed by atoms with E-state index in [1.165, 1.54) is 23.1 Å². The molecule has 4 N–H and O–H groups in total. The van der Waals surface area contributed by atoms with Crippen LogP contribution in [0.5, 0.6) is 0 Å². The van der Waals surface area contributed by atoms with Crippen molar-refractivity contribution in [3.8, 4) is 0 Å². The molecule has 9 heteroatoms. The monoisotopic (exact) mass is 368 g/mol. The van der Waals surface area contributed by atoms with Crippen molar-refractivity contribution < 1.29 is 14.3 Å². The smallest absolute Gasteiger partial charge is 0.422 e. The van der Waals surface area contributed by atoms with E-state index in [9.17, 15) is 9.59 Å². The van der Waals surface area contributed by atoms with Crippen molar-refractivity contribution in [2.75, 3.05) is 5.32 Å². The van der Waals surface area contributed by atoms with Crippen LogP contribution in [0, 0.1) is 0 Å². The van der Waals surface area contributed by atoms with Gasteiger partial charge >= 0.3 is 6.09 Å². The molecule has 0 saturated carbocycles. The van der Waals surface area contributed by atoms with Gasteiger partial charge in [-0.05, 0) is 30.7 Å². The highest BCUT2D eigenvalue weighted by Crippen LogP contribution is 2.27. The summed E-state index contributed by atoms with van der Waals surface area (Å²) in [5, 5.41) is 7.25. The van der Waals surface area contributed by atoms with E-state index in [1.807, 2.05) is 29.2 Å². The molecule has 0 bridgehead atoms. The normalized spacial score (nSPS) is 11.8. The van der Waals surface area contributed by atoms with Crippen molar-refractivity contribution in [3.63, 3.8) is 0 Å². The number of nitrogens with one attached hydrogen (secondary N) is 2. The van der Waals surface area contributed by atoms with E-state index in [0.29, 0.717) is 11.6 Å². The summed E-state index contributed by atoms with van der Waals surface area (Å²) in [4.78, 5) is 27.8. The quantitative estimate of drug-likeness (QED) is 0.396. The average molecular weight is 368 g/mol. The number of rotatable bonds is 7. The number of hydrazine groups is 1. The van der Waals surface area contributed by atoms with Crippen molar-refractivity contribution in [2.24, 2.45) is 5.84 Å². The second-order valence-electron chi connectivity index (χ2n) is 5.12. The molecule has 0 spiro atoms. The second-order valence-corrected chi connectivity index (χ2v) is 6.97. The number of thiophene rings is 1. The number of ether oxygens (including phenoxy) is 1. The molecule has 2 aromatic rings. The van der Waals surface area contributed by atoms with Crippen LogP contribution >= 0.6 is 22.7 Å². The lowest BCUT2D eigenvalue weighted by atomic mass is 10.1. The van der Waals surface area contributed by atoms with Crippen LogP contribution < -0.4 is 16.6 Å². The van der Waals surface area contributed by atoms with E-state index in [0.717, 1.165) is 24.1 Å². The molecule has 0 radical (unpaired) electrons. The minimum Gasteiger partial charge on any atom is -0.440 e. The fourth-order valence-corrected chi connectivity index (χ4v) is 3.85. The Bertz CT molecular complexity index is 698. The number of nitrogens with zero attached hydrogens (tertiary/aromatic N) is 1. The van der Waals surface area contributed by atoms with E-state index in [4.69, 9.17) is 10.6 Å². The Balaban J connectivity index is 1.92. The molecule has 0 saturated heterocycles. The molecule has 130 valence electrons. The molecular formula is C15H20N4O3S2. The number of aromatic nitrogens is 1. The average Bonchev–Trinajstić information content (AvgIpc) is 3.19. The molecule has 1 unspecified atom stereocenters. The molecule has 1 atom stereocenters. The van der Waals surface area contributed by atoms with Gasteiger partial charge in [0.2, 0.25) is 5.91 Å². The molecule has 2 aromatic heterocycles. The number of anilines is 1. The van der Waals surface area contributed by atoms with Crippen LogP contribution in [0.4, 0.5) is 9.93 Å². The van der Waals surface area contributed by atoms with Gasteiger partial charge in [-0.2, -0.15) is 0 Å². The Morgan fingerprint density at radius 2 is 2.12 bits per heavy atom. The maximum Gasteiger partial charge on any atom is 0.422 e. The van der Waals surface area contributed by atoms with E-state index in [2.05, 4.69) is 10.3 Å². The number of amides is 2. The van der Waals surface area contributed by atoms with Gasteiger partial charge in [0.15, 0.2) is 5.13 Å². The van der Waals surface area contributed by atoms with E-state index >= 15 is 0 Å². The lowest BCUT2D eigenvalue weighted by Crippen LogP contribution is -2.31. The zero-order valence-corrected chi connectivity index (χ0v) is 15.1. The van der Waals surface area contributed by atoms with Crippen molar-refractivity contribution in [1.29, 1.82) is 0 Å². The van der Waals surface area contributed by atoms with Gasteiger partial charge in [0.05, 0.1) is 5.69 Å². The lowest BCUT2D eigenvalue weighted by molar-refractivity contribution is -0.114. The van der Waals surface area contributed by atoms with Gasteiger partial charge in [-0.1, -0.05) is 6.92 Å². The van der Waals surface area contributed by atoms with Crippen LogP contribution in [0.2, 0.25) is 0 Å². The zero-order chi connectivity index (χ0) is 17.5. The Morgan fingerprint density at radius 3 is 2.79 bits per heavy atom. The predicted molar refractivity (Wildman–Crippen MR) is 95.0 cm³/mol. The van der Waals surface area contributed by atoms with Crippen LogP contribution in [0.1, 0.15) is 42.5 Å². The van der Waals surface area contributed by atoms with Crippen LogP contribution in [-0.2, 0) is 22.4 Å². The summed E-state index contributed by atoms with van der Waals surface area (Å²) >= 11 is 3.05. The number of nitrogens with two attached hydrogens (primary N) is 1. The fraction of sp³-hybridized carbons (Fsp3) is 0.400. The van der Waals surface area contributed by atoms with Gasteiger partial charge in [0.1, 0.15) is 6.10 Å². The molecule has 0 aliphatic carbocycles. The topological polar surface area (TPSA) is 106 Å². The highest BCUT2D eigenvalue weighted by Gasteiger charge is 2.16. The molecule has 0 fully saturated rings. The van der Waals surface area contributed by atoms with Gasteiger partial charge in [0.25, 0.3) is 0 Å². The van der Waals surface area contributed by atoms with Crippen LogP contribution in [0.3, 0.4) is 0 Å². The SMILES string of the molecule is CCC(OC(=O)NN)c1csc(CCc2csc(NC(C)=O)n2)c1. The van der Waals surface area contributed by atoms with Crippen molar-refractivity contribution >= 4 is 39.8 Å². The van der Waals surface area contributed by atoms with E-state index in [1.54, 1.807) is 11.3 Å². The molecule has 2 rings (SSSR count). The first-order chi connectivity index (χ1) is 11.5. The number of aryl methyl sites for hydroxylation is 2.